The number of aromatic nitrogens is 3. The van der Waals surface area contributed by atoms with E-state index in [0.29, 0.717) is 36.8 Å². The number of carboxylic acid groups (broad SMARTS) is 1. The lowest BCUT2D eigenvalue weighted by Gasteiger charge is -2.41. The van der Waals surface area contributed by atoms with Gasteiger partial charge in [-0.2, -0.15) is 0 Å². The Morgan fingerprint density at radius 3 is 2.41 bits per heavy atom. The highest BCUT2D eigenvalue weighted by molar-refractivity contribution is 5.85. The number of carbonyl (C=O) groups excluding carboxylic acids is 1. The van der Waals surface area contributed by atoms with Gasteiger partial charge in [-0.05, 0) is 36.1 Å². The minimum absolute atomic E-state index is 0.115. The topological polar surface area (TPSA) is 121 Å². The number of imidazole rings is 1. The second-order valence-electron chi connectivity index (χ2n) is 10.8. The summed E-state index contributed by atoms with van der Waals surface area (Å²) < 4.78 is 11.3. The first kappa shape index (κ1) is 28.7. The predicted octanol–water partition coefficient (Wildman–Crippen LogP) is 6.66. The molecule has 10 nitrogen and oxygen atoms in total. The van der Waals surface area contributed by atoms with E-state index >= 15 is 0 Å². The Morgan fingerprint density at radius 2 is 1.68 bits per heavy atom. The number of H-pyrrole nitrogens is 1. The molecule has 1 aliphatic heterocycles. The van der Waals surface area contributed by atoms with Crippen molar-refractivity contribution in [2.45, 2.75) is 38.1 Å². The number of aromatic amines is 1. The summed E-state index contributed by atoms with van der Waals surface area (Å²) in [5.41, 5.74) is 4.03. The molecule has 5 aromatic rings. The van der Waals surface area contributed by atoms with Gasteiger partial charge >= 0.3 is 12.2 Å². The number of fused-ring (bicyclic) bond motifs is 1. The Labute approximate surface area is 254 Å². The molecule has 1 fully saturated rings. The Morgan fingerprint density at radius 1 is 0.977 bits per heavy atom. The number of nitrogens with one attached hydrogen (secondary N) is 1. The fourth-order valence-corrected chi connectivity index (χ4v) is 5.72. The second kappa shape index (κ2) is 12.9. The Kier molecular flexibility index (Phi) is 8.40. The number of carbonyl (C=O) groups is 2. The van der Waals surface area contributed by atoms with E-state index in [-0.39, 0.29) is 19.2 Å². The average molecular weight is 592 g/mol. The molecule has 1 saturated heterocycles. The third-order valence-corrected chi connectivity index (χ3v) is 7.96. The lowest BCUT2D eigenvalue weighted by molar-refractivity contribution is 0.0348. The van der Waals surface area contributed by atoms with Crippen LogP contribution in [0.5, 0.6) is 5.88 Å². The zero-order valence-electron chi connectivity index (χ0n) is 24.3. The van der Waals surface area contributed by atoms with E-state index in [0.717, 1.165) is 27.6 Å². The van der Waals surface area contributed by atoms with Crippen molar-refractivity contribution >= 4 is 23.1 Å². The zero-order chi connectivity index (χ0) is 30.5. The van der Waals surface area contributed by atoms with Gasteiger partial charge in [-0.15, -0.1) is 0 Å². The SMILES string of the molecule is COc1nc2ccccc2cc1-c1cnc([C@@H]2CC[C@@H](N(Cc3ccccc3)C(=O)OCc3ccccc3)CN2C(=O)O)[nH]1. The number of methoxy groups -OCH3 is 1. The van der Waals surface area contributed by atoms with E-state index in [1.165, 1.54) is 4.90 Å². The van der Waals surface area contributed by atoms with Crippen molar-refractivity contribution in [3.05, 3.63) is 114 Å². The van der Waals surface area contributed by atoms with E-state index < -0.39 is 18.2 Å². The molecule has 0 aliphatic carbocycles. The number of likely N-dealkylation sites (tertiary alicyclic amines) is 1. The number of hydrogen-bond donors (Lipinski definition) is 2. The first-order chi connectivity index (χ1) is 21.5. The minimum atomic E-state index is -1.08. The monoisotopic (exact) mass is 591 g/mol. The normalized spacial score (nSPS) is 16.4. The van der Waals surface area contributed by atoms with Gasteiger partial charge in [-0.3, -0.25) is 9.80 Å². The molecular weight excluding hydrogens is 558 g/mol. The maximum Gasteiger partial charge on any atom is 0.410 e. The van der Waals surface area contributed by atoms with Crippen LogP contribution in [0.4, 0.5) is 9.59 Å². The zero-order valence-corrected chi connectivity index (χ0v) is 24.3. The lowest BCUT2D eigenvalue weighted by atomic mass is 9.96. The quantitative estimate of drug-likeness (QED) is 0.207. The third kappa shape index (κ3) is 6.19. The van der Waals surface area contributed by atoms with Crippen LogP contribution in [0.15, 0.2) is 97.2 Å². The number of ether oxygens (including phenoxy) is 2. The number of nitrogens with zero attached hydrogens (tertiary/aromatic N) is 4. The first-order valence-corrected chi connectivity index (χ1v) is 14.5. The van der Waals surface area contributed by atoms with Crippen molar-refractivity contribution in [1.29, 1.82) is 0 Å². The number of para-hydroxylation sites is 1. The van der Waals surface area contributed by atoms with Gasteiger partial charge in [0, 0.05) is 18.5 Å². The fraction of sp³-hybridized carbons (Fsp3) is 0.235. The molecule has 2 N–H and O–H groups in total. The number of hydrogen-bond acceptors (Lipinski definition) is 6. The van der Waals surface area contributed by atoms with Gasteiger partial charge in [0.05, 0.1) is 42.2 Å². The lowest BCUT2D eigenvalue weighted by Crippen LogP contribution is -2.52. The third-order valence-electron chi connectivity index (χ3n) is 7.96. The van der Waals surface area contributed by atoms with E-state index in [1.54, 1.807) is 18.2 Å². The molecule has 44 heavy (non-hydrogen) atoms. The van der Waals surface area contributed by atoms with Crippen LogP contribution < -0.4 is 4.74 Å². The van der Waals surface area contributed by atoms with E-state index in [4.69, 9.17) is 9.47 Å². The fourth-order valence-electron chi connectivity index (χ4n) is 5.72. The molecule has 1 aliphatic rings. The van der Waals surface area contributed by atoms with E-state index in [2.05, 4.69) is 15.0 Å². The summed E-state index contributed by atoms with van der Waals surface area (Å²) in [6.45, 7) is 0.548. The highest BCUT2D eigenvalue weighted by Gasteiger charge is 2.38. The van der Waals surface area contributed by atoms with E-state index in [9.17, 15) is 14.7 Å². The molecule has 3 aromatic carbocycles. The number of rotatable bonds is 8. The summed E-state index contributed by atoms with van der Waals surface area (Å²) in [5.74, 6) is 0.973. The van der Waals surface area contributed by atoms with Crippen LogP contribution in [0.1, 0.15) is 35.8 Å². The summed E-state index contributed by atoms with van der Waals surface area (Å²) >= 11 is 0. The largest absolute Gasteiger partial charge is 0.480 e. The molecule has 3 heterocycles. The maximum absolute atomic E-state index is 13.5. The molecule has 0 bridgehead atoms. The van der Waals surface area contributed by atoms with Crippen LogP contribution in [0, 0.1) is 0 Å². The summed E-state index contributed by atoms with van der Waals surface area (Å²) in [4.78, 5) is 41.6. The van der Waals surface area contributed by atoms with Gasteiger partial charge in [0.2, 0.25) is 5.88 Å². The van der Waals surface area contributed by atoms with Crippen LogP contribution in [0.25, 0.3) is 22.2 Å². The minimum Gasteiger partial charge on any atom is -0.480 e. The standard InChI is InChI=1S/C34H33N5O5/c1-43-32-27(18-25-14-8-9-15-28(25)37-32)29-19-35-31(36-29)30-17-16-26(21-39(30)33(40)41)38(20-23-10-4-2-5-11-23)34(42)44-22-24-12-6-3-7-13-24/h2-15,18-19,26,30H,16-17,20-22H2,1H3,(H,35,36)(H,40,41)/t26-,30+/m1/s1. The van der Waals surface area contributed by atoms with Crippen molar-refractivity contribution < 1.29 is 24.2 Å². The molecular formula is C34H33N5O5. The Hall–Kier alpha value is -5.38. The predicted molar refractivity (Wildman–Crippen MR) is 165 cm³/mol. The molecule has 2 aromatic heterocycles. The van der Waals surface area contributed by atoms with Crippen molar-refractivity contribution in [3.63, 3.8) is 0 Å². The van der Waals surface area contributed by atoms with Crippen LogP contribution in [0.3, 0.4) is 0 Å². The summed E-state index contributed by atoms with van der Waals surface area (Å²) in [6, 6.07) is 27.9. The van der Waals surface area contributed by atoms with Crippen LogP contribution >= 0.6 is 0 Å². The van der Waals surface area contributed by atoms with Gasteiger partial charge in [-0.1, -0.05) is 78.9 Å². The number of amides is 2. The molecule has 10 heteroatoms. The molecule has 0 spiro atoms. The van der Waals surface area contributed by atoms with Gasteiger partial charge in [-0.25, -0.2) is 19.6 Å². The van der Waals surface area contributed by atoms with Gasteiger partial charge in [0.1, 0.15) is 12.4 Å². The van der Waals surface area contributed by atoms with Crippen molar-refractivity contribution in [3.8, 4) is 17.1 Å². The van der Waals surface area contributed by atoms with Crippen LogP contribution in [-0.2, 0) is 17.9 Å². The number of benzene rings is 3. The average Bonchev–Trinajstić information content (AvgIpc) is 3.56. The molecule has 6 rings (SSSR count). The Balaban J connectivity index is 1.23. The first-order valence-electron chi connectivity index (χ1n) is 14.5. The van der Waals surface area contributed by atoms with Crippen molar-refractivity contribution in [1.82, 2.24) is 24.8 Å². The Bertz CT molecular complexity index is 1740. The molecule has 0 radical (unpaired) electrons. The number of pyridine rings is 1. The highest BCUT2D eigenvalue weighted by Crippen LogP contribution is 2.35. The van der Waals surface area contributed by atoms with Crippen molar-refractivity contribution in [2.75, 3.05) is 13.7 Å². The number of piperidine rings is 1. The summed E-state index contributed by atoms with van der Waals surface area (Å²) in [5, 5.41) is 11.2. The van der Waals surface area contributed by atoms with Gasteiger partial charge < -0.3 is 19.6 Å². The molecule has 2 amide bonds. The van der Waals surface area contributed by atoms with Gasteiger partial charge in [0.25, 0.3) is 0 Å². The molecule has 0 unspecified atom stereocenters. The molecule has 0 saturated carbocycles. The van der Waals surface area contributed by atoms with Crippen molar-refractivity contribution in [2.24, 2.45) is 0 Å². The molecule has 2 atom stereocenters. The smallest absolute Gasteiger partial charge is 0.410 e. The summed E-state index contributed by atoms with van der Waals surface area (Å²) in [6.07, 6.45) is 1.15. The van der Waals surface area contributed by atoms with E-state index in [1.807, 2.05) is 91.0 Å². The van der Waals surface area contributed by atoms with Gasteiger partial charge in [0.15, 0.2) is 0 Å². The molecule has 224 valence electrons. The summed E-state index contributed by atoms with van der Waals surface area (Å²) in [7, 11) is 1.57. The second-order valence-corrected chi connectivity index (χ2v) is 10.8. The van der Waals surface area contributed by atoms with Crippen LogP contribution in [-0.4, -0.2) is 61.7 Å². The van der Waals surface area contributed by atoms with Crippen LogP contribution in [0.2, 0.25) is 0 Å². The highest BCUT2D eigenvalue weighted by atomic mass is 16.6. The maximum atomic E-state index is 13.5.